The van der Waals surface area contributed by atoms with Crippen LogP contribution in [-0.2, 0) is 6.54 Å². The molecule has 0 aliphatic heterocycles. The summed E-state index contributed by atoms with van der Waals surface area (Å²) in [6, 6.07) is 2.46. The van der Waals surface area contributed by atoms with Crippen LogP contribution in [0.15, 0.2) is 12.3 Å². The smallest absolute Gasteiger partial charge is 0.145 e. The number of nitrogens with zero attached hydrogens (tertiary/aromatic N) is 3. The molecule has 1 heterocycles. The molecule has 1 aliphatic carbocycles. The molecule has 96 valence electrons. The predicted molar refractivity (Wildman–Crippen MR) is 67.6 cm³/mol. The zero-order chi connectivity index (χ0) is 12.1. The number of rotatable bonds is 6. The van der Waals surface area contributed by atoms with Crippen molar-refractivity contribution < 1.29 is 5.11 Å². The van der Waals surface area contributed by atoms with Crippen molar-refractivity contribution in [2.24, 2.45) is 0 Å². The van der Waals surface area contributed by atoms with Crippen LogP contribution in [0.25, 0.3) is 0 Å². The van der Waals surface area contributed by atoms with Gasteiger partial charge in [-0.2, -0.15) is 5.10 Å². The van der Waals surface area contributed by atoms with Crippen molar-refractivity contribution in [2.45, 2.75) is 38.3 Å². The number of aromatic nitrogens is 2. The van der Waals surface area contributed by atoms with Crippen molar-refractivity contribution in [1.29, 1.82) is 0 Å². The fraction of sp³-hybridized carbons (Fsp3) is 0.750. The van der Waals surface area contributed by atoms with E-state index in [0.717, 1.165) is 19.6 Å². The Kier molecular flexibility index (Phi) is 4.39. The molecular formula is C12H22N4O. The Labute approximate surface area is 102 Å². The lowest BCUT2D eigenvalue weighted by Gasteiger charge is -2.27. The Hall–Kier alpha value is -1.07. The topological polar surface area (TPSA) is 67.3 Å². The summed E-state index contributed by atoms with van der Waals surface area (Å²) in [5, 5.41) is 13.3. The quantitative estimate of drug-likeness (QED) is 0.765. The average Bonchev–Trinajstić information content (AvgIpc) is 2.95. The number of hydrogen-bond acceptors (Lipinski definition) is 4. The molecule has 0 spiro atoms. The van der Waals surface area contributed by atoms with E-state index in [0.29, 0.717) is 11.9 Å². The van der Waals surface area contributed by atoms with Crippen LogP contribution in [0.5, 0.6) is 0 Å². The van der Waals surface area contributed by atoms with Crippen molar-refractivity contribution in [3.05, 3.63) is 12.3 Å². The maximum Gasteiger partial charge on any atom is 0.145 e. The van der Waals surface area contributed by atoms with E-state index in [2.05, 4.69) is 10.00 Å². The van der Waals surface area contributed by atoms with Gasteiger partial charge < -0.3 is 10.8 Å². The molecule has 5 heteroatoms. The van der Waals surface area contributed by atoms with Crippen molar-refractivity contribution in [3.63, 3.8) is 0 Å². The molecule has 5 nitrogen and oxygen atoms in total. The van der Waals surface area contributed by atoms with E-state index in [1.807, 2.05) is 16.9 Å². The fourth-order valence-electron chi connectivity index (χ4n) is 2.61. The van der Waals surface area contributed by atoms with Gasteiger partial charge in [-0.3, -0.25) is 9.58 Å². The molecule has 1 saturated carbocycles. The zero-order valence-corrected chi connectivity index (χ0v) is 10.3. The Bertz CT molecular complexity index is 333. The van der Waals surface area contributed by atoms with E-state index >= 15 is 0 Å². The van der Waals surface area contributed by atoms with Gasteiger partial charge in [0.15, 0.2) is 0 Å². The maximum atomic E-state index is 9.11. The molecule has 3 N–H and O–H groups in total. The van der Waals surface area contributed by atoms with Gasteiger partial charge in [0.05, 0.1) is 13.2 Å². The number of nitrogens with two attached hydrogens (primary N) is 1. The third-order valence-corrected chi connectivity index (χ3v) is 3.51. The van der Waals surface area contributed by atoms with Gasteiger partial charge in [0, 0.05) is 25.3 Å². The maximum absolute atomic E-state index is 9.11. The van der Waals surface area contributed by atoms with E-state index < -0.39 is 0 Å². The first-order valence-corrected chi connectivity index (χ1v) is 6.43. The summed E-state index contributed by atoms with van der Waals surface area (Å²) in [6.45, 7) is 2.78. The van der Waals surface area contributed by atoms with Crippen LogP contribution in [0.4, 0.5) is 5.82 Å². The lowest BCUT2D eigenvalue weighted by Crippen LogP contribution is -2.38. The summed E-state index contributed by atoms with van der Waals surface area (Å²) in [5.74, 6) is 0.569. The highest BCUT2D eigenvalue weighted by Crippen LogP contribution is 2.23. The highest BCUT2D eigenvalue weighted by Gasteiger charge is 2.21. The first-order valence-electron chi connectivity index (χ1n) is 6.43. The lowest BCUT2D eigenvalue weighted by atomic mass is 10.2. The first kappa shape index (κ1) is 12.4. The van der Waals surface area contributed by atoms with E-state index in [4.69, 9.17) is 10.8 Å². The largest absolute Gasteiger partial charge is 0.395 e. The molecule has 0 bridgehead atoms. The van der Waals surface area contributed by atoms with Crippen LogP contribution in [0.3, 0.4) is 0 Å². The standard InChI is InChI=1S/C12H22N4O/c13-12-5-6-16(14-12)8-7-15(9-10-17)11-3-1-2-4-11/h5-6,11,17H,1-4,7-10H2,(H2,13,14). The van der Waals surface area contributed by atoms with Gasteiger partial charge in [-0.15, -0.1) is 0 Å². The zero-order valence-electron chi connectivity index (χ0n) is 10.3. The summed E-state index contributed by atoms with van der Waals surface area (Å²) in [4.78, 5) is 2.38. The summed E-state index contributed by atoms with van der Waals surface area (Å²) in [6.07, 6.45) is 7.08. The molecule has 2 rings (SSSR count). The summed E-state index contributed by atoms with van der Waals surface area (Å²) >= 11 is 0. The Balaban J connectivity index is 1.84. The third-order valence-electron chi connectivity index (χ3n) is 3.51. The van der Waals surface area contributed by atoms with Gasteiger partial charge in [0.1, 0.15) is 5.82 Å². The van der Waals surface area contributed by atoms with E-state index in [-0.39, 0.29) is 6.61 Å². The first-order chi connectivity index (χ1) is 8.29. The lowest BCUT2D eigenvalue weighted by molar-refractivity contribution is 0.145. The second kappa shape index (κ2) is 6.02. The average molecular weight is 238 g/mol. The highest BCUT2D eigenvalue weighted by molar-refractivity contribution is 5.23. The van der Waals surface area contributed by atoms with Crippen LogP contribution in [0.1, 0.15) is 25.7 Å². The molecule has 0 unspecified atom stereocenters. The fourth-order valence-corrected chi connectivity index (χ4v) is 2.61. The molecule has 0 radical (unpaired) electrons. The normalized spacial score (nSPS) is 17.1. The van der Waals surface area contributed by atoms with Crippen LogP contribution in [0.2, 0.25) is 0 Å². The van der Waals surface area contributed by atoms with Gasteiger partial charge in [-0.25, -0.2) is 0 Å². The van der Waals surface area contributed by atoms with Gasteiger partial charge in [0.25, 0.3) is 0 Å². The molecule has 17 heavy (non-hydrogen) atoms. The number of hydrogen-bond donors (Lipinski definition) is 2. The predicted octanol–water partition coefficient (Wildman–Crippen LogP) is 0.702. The Morgan fingerprint density at radius 3 is 2.76 bits per heavy atom. The third kappa shape index (κ3) is 3.44. The van der Waals surface area contributed by atoms with Crippen molar-refractivity contribution in [1.82, 2.24) is 14.7 Å². The molecule has 0 aromatic carbocycles. The van der Waals surface area contributed by atoms with Crippen LogP contribution >= 0.6 is 0 Å². The van der Waals surface area contributed by atoms with Crippen LogP contribution in [-0.4, -0.2) is 45.5 Å². The van der Waals surface area contributed by atoms with Crippen molar-refractivity contribution >= 4 is 5.82 Å². The summed E-state index contributed by atoms with van der Waals surface area (Å²) in [7, 11) is 0. The van der Waals surface area contributed by atoms with Gasteiger partial charge in [-0.1, -0.05) is 12.8 Å². The van der Waals surface area contributed by atoms with Gasteiger partial charge in [0.2, 0.25) is 0 Å². The van der Waals surface area contributed by atoms with E-state index in [1.165, 1.54) is 25.7 Å². The SMILES string of the molecule is Nc1ccn(CCN(CCO)C2CCCC2)n1. The minimum absolute atomic E-state index is 0.234. The number of aliphatic hydroxyl groups excluding tert-OH is 1. The highest BCUT2D eigenvalue weighted by atomic mass is 16.3. The molecule has 0 saturated heterocycles. The number of aliphatic hydroxyl groups is 1. The molecule has 0 atom stereocenters. The molecule has 0 amide bonds. The molecule has 1 aliphatic rings. The number of nitrogen functional groups attached to an aromatic ring is 1. The Morgan fingerprint density at radius 1 is 1.41 bits per heavy atom. The van der Waals surface area contributed by atoms with Crippen LogP contribution < -0.4 is 5.73 Å². The second-order valence-corrected chi connectivity index (χ2v) is 4.70. The van der Waals surface area contributed by atoms with Crippen LogP contribution in [0, 0.1) is 0 Å². The minimum atomic E-state index is 0.234. The molecular weight excluding hydrogens is 216 g/mol. The molecule has 1 aromatic rings. The second-order valence-electron chi connectivity index (χ2n) is 4.70. The van der Waals surface area contributed by atoms with Gasteiger partial charge in [-0.05, 0) is 18.9 Å². The number of anilines is 1. The summed E-state index contributed by atoms with van der Waals surface area (Å²) < 4.78 is 1.87. The van der Waals surface area contributed by atoms with E-state index in [1.54, 1.807) is 0 Å². The molecule has 1 aromatic heterocycles. The van der Waals surface area contributed by atoms with E-state index in [9.17, 15) is 0 Å². The Morgan fingerprint density at radius 2 is 2.18 bits per heavy atom. The van der Waals surface area contributed by atoms with Crippen molar-refractivity contribution in [3.8, 4) is 0 Å². The minimum Gasteiger partial charge on any atom is -0.395 e. The summed E-state index contributed by atoms with van der Waals surface area (Å²) in [5.41, 5.74) is 5.58. The van der Waals surface area contributed by atoms with Gasteiger partial charge >= 0.3 is 0 Å². The monoisotopic (exact) mass is 238 g/mol. The van der Waals surface area contributed by atoms with Crippen molar-refractivity contribution in [2.75, 3.05) is 25.4 Å². The molecule has 1 fully saturated rings.